The summed E-state index contributed by atoms with van der Waals surface area (Å²) >= 11 is 0. The van der Waals surface area contributed by atoms with Gasteiger partial charge in [-0.2, -0.15) is 0 Å². The number of benzene rings is 2. The highest BCUT2D eigenvalue weighted by Crippen LogP contribution is 2.32. The standard InChI is InChI=1S/C25H29N3O3/c1-30-21-10-6-18(7-11-21)15-27-16-19(22-4-2-3-5-23(22)27)17-28(20-8-9-20)25(29)24-14-26-12-13-31-24/h2-7,10-11,16,20,24,26H,8-9,12-15,17H2,1H3. The second kappa shape index (κ2) is 8.73. The molecule has 1 aliphatic carbocycles. The molecule has 2 fully saturated rings. The number of methoxy groups -OCH3 is 1. The SMILES string of the molecule is COc1ccc(Cn2cc(CN(C(=O)C3CNCCO3)C3CC3)c3ccccc32)cc1. The number of nitrogens with zero attached hydrogens (tertiary/aromatic N) is 2. The van der Waals surface area contributed by atoms with E-state index in [9.17, 15) is 4.79 Å². The average molecular weight is 420 g/mol. The molecule has 1 saturated heterocycles. The number of fused-ring (bicyclic) bond motifs is 1. The van der Waals surface area contributed by atoms with Crippen LogP contribution in [0, 0.1) is 0 Å². The number of aromatic nitrogens is 1. The second-order valence-corrected chi connectivity index (χ2v) is 8.41. The van der Waals surface area contributed by atoms with E-state index < -0.39 is 0 Å². The lowest BCUT2D eigenvalue weighted by molar-refractivity contribution is -0.146. The first-order valence-electron chi connectivity index (χ1n) is 11.1. The number of nitrogens with one attached hydrogen (secondary N) is 1. The smallest absolute Gasteiger partial charge is 0.253 e. The second-order valence-electron chi connectivity index (χ2n) is 8.41. The molecule has 1 amide bonds. The van der Waals surface area contributed by atoms with E-state index in [2.05, 4.69) is 52.5 Å². The van der Waals surface area contributed by atoms with Crippen molar-refractivity contribution in [3.05, 3.63) is 65.9 Å². The summed E-state index contributed by atoms with van der Waals surface area (Å²) in [5, 5.41) is 4.48. The molecule has 2 aliphatic rings. The number of rotatable bonds is 7. The summed E-state index contributed by atoms with van der Waals surface area (Å²) < 4.78 is 13.3. The van der Waals surface area contributed by atoms with E-state index in [1.807, 2.05) is 17.0 Å². The molecule has 0 spiro atoms. The molecule has 1 atom stereocenters. The summed E-state index contributed by atoms with van der Waals surface area (Å²) in [4.78, 5) is 15.3. The highest BCUT2D eigenvalue weighted by molar-refractivity contribution is 5.86. The molecule has 5 rings (SSSR count). The van der Waals surface area contributed by atoms with Crippen LogP contribution in [0.3, 0.4) is 0 Å². The van der Waals surface area contributed by atoms with Crippen molar-refractivity contribution in [1.82, 2.24) is 14.8 Å². The Hall–Kier alpha value is -2.83. The fourth-order valence-corrected chi connectivity index (χ4v) is 4.37. The molecule has 1 N–H and O–H groups in total. The number of carbonyl (C=O) groups excluding carboxylic acids is 1. The molecule has 31 heavy (non-hydrogen) atoms. The Kier molecular flexibility index (Phi) is 5.66. The lowest BCUT2D eigenvalue weighted by Gasteiger charge is -2.30. The lowest BCUT2D eigenvalue weighted by atomic mass is 10.1. The molecule has 0 radical (unpaired) electrons. The predicted octanol–water partition coefficient (Wildman–Crippen LogP) is 3.18. The van der Waals surface area contributed by atoms with Crippen LogP contribution in [-0.4, -0.2) is 54.3 Å². The highest BCUT2D eigenvalue weighted by Gasteiger charge is 2.37. The zero-order valence-electron chi connectivity index (χ0n) is 17.9. The third kappa shape index (κ3) is 4.31. The average Bonchev–Trinajstić information content (AvgIpc) is 3.61. The molecule has 6 nitrogen and oxygen atoms in total. The zero-order valence-corrected chi connectivity index (χ0v) is 17.9. The van der Waals surface area contributed by atoms with E-state index in [4.69, 9.17) is 9.47 Å². The summed E-state index contributed by atoms with van der Waals surface area (Å²) in [6, 6.07) is 17.0. The van der Waals surface area contributed by atoms with Crippen molar-refractivity contribution in [2.45, 2.75) is 38.1 Å². The minimum Gasteiger partial charge on any atom is -0.497 e. The van der Waals surface area contributed by atoms with Gasteiger partial charge < -0.3 is 24.3 Å². The normalized spacial score (nSPS) is 18.8. The van der Waals surface area contributed by atoms with E-state index >= 15 is 0 Å². The summed E-state index contributed by atoms with van der Waals surface area (Å²) in [5.74, 6) is 0.974. The van der Waals surface area contributed by atoms with Crippen molar-refractivity contribution >= 4 is 16.8 Å². The van der Waals surface area contributed by atoms with Gasteiger partial charge >= 0.3 is 0 Å². The van der Waals surface area contributed by atoms with E-state index in [0.29, 0.717) is 25.7 Å². The number of carbonyl (C=O) groups is 1. The first-order chi connectivity index (χ1) is 15.2. The van der Waals surface area contributed by atoms with E-state index in [0.717, 1.165) is 31.7 Å². The number of hydrogen-bond donors (Lipinski definition) is 1. The molecule has 1 saturated carbocycles. The maximum absolute atomic E-state index is 13.2. The fraction of sp³-hybridized carbons (Fsp3) is 0.400. The molecule has 1 aliphatic heterocycles. The van der Waals surface area contributed by atoms with Crippen molar-refractivity contribution in [1.29, 1.82) is 0 Å². The van der Waals surface area contributed by atoms with Crippen LogP contribution in [0.5, 0.6) is 5.75 Å². The Morgan fingerprint density at radius 2 is 2.00 bits per heavy atom. The molecule has 0 bridgehead atoms. The van der Waals surface area contributed by atoms with Gasteiger partial charge in [-0.15, -0.1) is 0 Å². The molecule has 1 unspecified atom stereocenters. The highest BCUT2D eigenvalue weighted by atomic mass is 16.5. The predicted molar refractivity (Wildman–Crippen MR) is 120 cm³/mol. The van der Waals surface area contributed by atoms with Gasteiger partial charge in [-0.25, -0.2) is 0 Å². The van der Waals surface area contributed by atoms with Gasteiger partial charge in [0.15, 0.2) is 0 Å². The summed E-state index contributed by atoms with van der Waals surface area (Å²) in [5.41, 5.74) is 3.59. The van der Waals surface area contributed by atoms with Crippen molar-refractivity contribution < 1.29 is 14.3 Å². The summed E-state index contributed by atoms with van der Waals surface area (Å²) in [6.45, 7) is 3.40. The minimum atomic E-state index is -0.373. The van der Waals surface area contributed by atoms with Gasteiger partial charge in [-0.05, 0) is 42.2 Å². The summed E-state index contributed by atoms with van der Waals surface area (Å²) in [7, 11) is 1.68. The number of ether oxygens (including phenoxy) is 2. The minimum absolute atomic E-state index is 0.113. The monoisotopic (exact) mass is 419 g/mol. The van der Waals surface area contributed by atoms with Crippen LogP contribution in [0.4, 0.5) is 0 Å². The molecule has 1 aromatic heterocycles. The van der Waals surface area contributed by atoms with Crippen LogP contribution in [0.25, 0.3) is 10.9 Å². The topological polar surface area (TPSA) is 55.7 Å². The van der Waals surface area contributed by atoms with E-state index in [-0.39, 0.29) is 12.0 Å². The van der Waals surface area contributed by atoms with Gasteiger partial charge in [0.1, 0.15) is 11.9 Å². The number of morpholine rings is 1. The molecular weight excluding hydrogens is 390 g/mol. The fourth-order valence-electron chi connectivity index (χ4n) is 4.37. The Morgan fingerprint density at radius 1 is 1.19 bits per heavy atom. The Bertz CT molecular complexity index is 1050. The Morgan fingerprint density at radius 3 is 2.71 bits per heavy atom. The van der Waals surface area contributed by atoms with Gasteiger partial charge in [0.05, 0.1) is 13.7 Å². The third-order valence-electron chi connectivity index (χ3n) is 6.20. The maximum atomic E-state index is 13.2. The van der Waals surface area contributed by atoms with E-state index in [1.54, 1.807) is 7.11 Å². The van der Waals surface area contributed by atoms with Crippen molar-refractivity contribution in [3.8, 4) is 5.75 Å². The molecule has 6 heteroatoms. The molecule has 2 aromatic carbocycles. The number of para-hydroxylation sites is 1. The largest absolute Gasteiger partial charge is 0.497 e. The number of amides is 1. The van der Waals surface area contributed by atoms with Gasteiger partial charge in [0.25, 0.3) is 5.91 Å². The van der Waals surface area contributed by atoms with Crippen LogP contribution in [-0.2, 0) is 22.6 Å². The number of hydrogen-bond acceptors (Lipinski definition) is 4. The van der Waals surface area contributed by atoms with Crippen LogP contribution in [0.1, 0.15) is 24.0 Å². The first-order valence-corrected chi connectivity index (χ1v) is 11.1. The molecule has 2 heterocycles. The van der Waals surface area contributed by atoms with Gasteiger partial charge in [-0.1, -0.05) is 30.3 Å². The van der Waals surface area contributed by atoms with E-state index in [1.165, 1.54) is 22.0 Å². The van der Waals surface area contributed by atoms with Crippen LogP contribution in [0.15, 0.2) is 54.7 Å². The van der Waals surface area contributed by atoms with Crippen LogP contribution < -0.4 is 10.1 Å². The van der Waals surface area contributed by atoms with Gasteiger partial charge in [0.2, 0.25) is 0 Å². The molecule has 3 aromatic rings. The van der Waals surface area contributed by atoms with Crippen molar-refractivity contribution in [3.63, 3.8) is 0 Å². The summed E-state index contributed by atoms with van der Waals surface area (Å²) in [6.07, 6.45) is 3.99. The maximum Gasteiger partial charge on any atom is 0.253 e. The van der Waals surface area contributed by atoms with Crippen molar-refractivity contribution in [2.24, 2.45) is 0 Å². The Balaban J connectivity index is 1.41. The third-order valence-corrected chi connectivity index (χ3v) is 6.20. The molecule has 162 valence electrons. The van der Waals surface area contributed by atoms with Gasteiger partial charge in [0, 0.05) is 49.3 Å². The van der Waals surface area contributed by atoms with Gasteiger partial charge in [-0.3, -0.25) is 4.79 Å². The lowest BCUT2D eigenvalue weighted by Crippen LogP contribution is -2.49. The van der Waals surface area contributed by atoms with Crippen molar-refractivity contribution in [2.75, 3.05) is 26.8 Å². The Labute approximate surface area is 182 Å². The first kappa shape index (κ1) is 20.1. The molecular formula is C25H29N3O3. The van der Waals surface area contributed by atoms with Crippen LogP contribution >= 0.6 is 0 Å². The van der Waals surface area contributed by atoms with Crippen LogP contribution in [0.2, 0.25) is 0 Å². The zero-order chi connectivity index (χ0) is 21.2. The quantitative estimate of drug-likeness (QED) is 0.639.